The summed E-state index contributed by atoms with van der Waals surface area (Å²) in [4.78, 5) is 0.0700. The van der Waals surface area contributed by atoms with E-state index in [-0.39, 0.29) is 4.90 Å². The van der Waals surface area contributed by atoms with Crippen LogP contribution in [0.25, 0.3) is 0 Å². The van der Waals surface area contributed by atoms with Gasteiger partial charge in [0.2, 0.25) is 0 Å². The summed E-state index contributed by atoms with van der Waals surface area (Å²) in [6.45, 7) is 1.86. The van der Waals surface area contributed by atoms with Gasteiger partial charge in [-0.3, -0.25) is 0 Å². The van der Waals surface area contributed by atoms with E-state index in [4.69, 9.17) is 15.9 Å². The molecule has 0 bridgehead atoms. The van der Waals surface area contributed by atoms with Crippen LogP contribution in [-0.4, -0.2) is 8.42 Å². The fourth-order valence-electron chi connectivity index (χ4n) is 1.24. The maximum atomic E-state index is 11.2. The lowest BCUT2D eigenvalue weighted by molar-refractivity contribution is 0.609. The van der Waals surface area contributed by atoms with Crippen LogP contribution in [-0.2, 0) is 15.5 Å². The second-order valence-electron chi connectivity index (χ2n) is 2.81. The molecule has 0 heterocycles. The van der Waals surface area contributed by atoms with Gasteiger partial charge in [0.25, 0.3) is 9.05 Å². The molecule has 6 heteroatoms. The van der Waals surface area contributed by atoms with Crippen LogP contribution in [0.4, 0.5) is 0 Å². The lowest BCUT2D eigenvalue weighted by atomic mass is 10.1. The molecule has 0 unspecified atom stereocenters. The molecular weight excluding hydrogens is 349 g/mol. The van der Waals surface area contributed by atoms with Crippen LogP contribution < -0.4 is 0 Å². The van der Waals surface area contributed by atoms with E-state index in [9.17, 15) is 8.42 Å². The van der Waals surface area contributed by atoms with Gasteiger partial charge in [0.15, 0.2) is 0 Å². The predicted molar refractivity (Wildman–Crippen MR) is 66.3 cm³/mol. The Labute approximate surface area is 107 Å². The van der Waals surface area contributed by atoms with E-state index in [2.05, 4.69) is 0 Å². The third-order valence-corrected chi connectivity index (χ3v) is 4.91. The topological polar surface area (TPSA) is 57.9 Å². The van der Waals surface area contributed by atoms with Crippen LogP contribution in [0.2, 0.25) is 0 Å². The zero-order chi connectivity index (χ0) is 11.6. The summed E-state index contributed by atoms with van der Waals surface area (Å²) >= 11 is 1.90. The second-order valence-corrected chi connectivity index (χ2v) is 6.42. The van der Waals surface area contributed by atoms with Crippen molar-refractivity contribution in [2.75, 3.05) is 0 Å². The minimum atomic E-state index is -3.74. The zero-order valence-electron chi connectivity index (χ0n) is 7.79. The Morgan fingerprint density at radius 1 is 1.53 bits per heavy atom. The number of rotatable bonds is 2. The molecule has 80 valence electrons. The van der Waals surface area contributed by atoms with Crippen molar-refractivity contribution in [3.63, 3.8) is 0 Å². The maximum absolute atomic E-state index is 11.2. The monoisotopic (exact) mass is 355 g/mol. The second kappa shape index (κ2) is 4.68. The fraction of sp³-hybridized carbons (Fsp3) is 0.222. The highest BCUT2D eigenvalue weighted by atomic mass is 127. The molecule has 0 saturated carbocycles. The molecule has 0 aliphatic rings. The molecule has 1 aromatic rings. The van der Waals surface area contributed by atoms with Gasteiger partial charge in [0.1, 0.15) is 0 Å². The van der Waals surface area contributed by atoms with E-state index in [0.29, 0.717) is 15.6 Å². The van der Waals surface area contributed by atoms with Crippen molar-refractivity contribution in [2.24, 2.45) is 0 Å². The van der Waals surface area contributed by atoms with Crippen molar-refractivity contribution in [3.05, 3.63) is 26.8 Å². The van der Waals surface area contributed by atoms with Crippen LogP contribution in [0.3, 0.4) is 0 Å². The van der Waals surface area contributed by atoms with E-state index in [1.165, 1.54) is 12.1 Å². The van der Waals surface area contributed by atoms with Gasteiger partial charge in [0, 0.05) is 14.3 Å². The van der Waals surface area contributed by atoms with Crippen molar-refractivity contribution in [1.82, 2.24) is 0 Å². The highest BCUT2D eigenvalue weighted by molar-refractivity contribution is 14.1. The van der Waals surface area contributed by atoms with Crippen LogP contribution in [0.1, 0.15) is 18.1 Å². The van der Waals surface area contributed by atoms with E-state index in [1.54, 1.807) is 0 Å². The average molecular weight is 356 g/mol. The van der Waals surface area contributed by atoms with Crippen LogP contribution in [0.5, 0.6) is 0 Å². The van der Waals surface area contributed by atoms with Gasteiger partial charge in [-0.25, -0.2) is 8.42 Å². The van der Waals surface area contributed by atoms with Gasteiger partial charge >= 0.3 is 0 Å². The lowest BCUT2D eigenvalue weighted by Gasteiger charge is -2.07. The molecule has 0 saturated heterocycles. The van der Waals surface area contributed by atoms with Crippen LogP contribution >= 0.6 is 33.3 Å². The van der Waals surface area contributed by atoms with Gasteiger partial charge in [0.05, 0.1) is 16.5 Å². The molecule has 0 fully saturated rings. The largest absolute Gasteiger partial charge is 0.262 e. The first kappa shape index (κ1) is 12.7. The highest BCUT2D eigenvalue weighted by Crippen LogP contribution is 2.27. The quantitative estimate of drug-likeness (QED) is 0.605. The summed E-state index contributed by atoms with van der Waals surface area (Å²) in [5.74, 6) is 0. The number of nitriles is 1. The van der Waals surface area contributed by atoms with Crippen molar-refractivity contribution < 1.29 is 8.42 Å². The Kier molecular flexibility index (Phi) is 3.98. The van der Waals surface area contributed by atoms with Crippen molar-refractivity contribution in [3.8, 4) is 6.07 Å². The molecule has 0 N–H and O–H groups in total. The molecule has 0 aliphatic carbocycles. The Hall–Kier alpha value is -0.320. The Balaban J connectivity index is 3.59. The summed E-state index contributed by atoms with van der Waals surface area (Å²) < 4.78 is 22.9. The lowest BCUT2D eigenvalue weighted by Crippen LogP contribution is -2.00. The SMILES string of the molecule is CCc1c(C#N)ccc(S(=O)(=O)Cl)c1I. The zero-order valence-corrected chi connectivity index (χ0v) is 11.5. The Bertz CT molecular complexity index is 534. The van der Waals surface area contributed by atoms with Crippen LogP contribution in [0.15, 0.2) is 17.0 Å². The predicted octanol–water partition coefficient (Wildman–Crippen LogP) is 2.65. The van der Waals surface area contributed by atoms with Gasteiger partial charge in [-0.15, -0.1) is 0 Å². The molecule has 0 aromatic heterocycles. The molecule has 0 atom stereocenters. The van der Waals surface area contributed by atoms with Crippen molar-refractivity contribution in [1.29, 1.82) is 5.26 Å². The molecule has 0 spiro atoms. The number of hydrogen-bond donors (Lipinski definition) is 0. The maximum Gasteiger partial charge on any atom is 0.262 e. The molecular formula is C9H7ClINO2S. The first-order valence-electron chi connectivity index (χ1n) is 4.08. The summed E-state index contributed by atoms with van der Waals surface area (Å²) in [5, 5.41) is 8.83. The number of halogens is 2. The van der Waals surface area contributed by atoms with E-state index in [0.717, 1.165) is 5.56 Å². The van der Waals surface area contributed by atoms with E-state index in [1.807, 2.05) is 35.6 Å². The molecule has 0 radical (unpaired) electrons. The molecule has 1 aromatic carbocycles. The minimum absolute atomic E-state index is 0.0700. The smallest absolute Gasteiger partial charge is 0.207 e. The first-order valence-corrected chi connectivity index (χ1v) is 7.46. The van der Waals surface area contributed by atoms with Gasteiger partial charge < -0.3 is 0 Å². The minimum Gasteiger partial charge on any atom is -0.207 e. The number of nitrogens with zero attached hydrogens (tertiary/aromatic N) is 1. The summed E-state index contributed by atoms with van der Waals surface area (Å²) in [5.41, 5.74) is 1.21. The molecule has 3 nitrogen and oxygen atoms in total. The van der Waals surface area contributed by atoms with E-state index >= 15 is 0 Å². The number of benzene rings is 1. The molecule has 1 rings (SSSR count). The van der Waals surface area contributed by atoms with Gasteiger partial charge in [-0.05, 0) is 46.7 Å². The Morgan fingerprint density at radius 3 is 2.53 bits per heavy atom. The Morgan fingerprint density at radius 2 is 2.13 bits per heavy atom. The molecule has 0 amide bonds. The molecule has 15 heavy (non-hydrogen) atoms. The summed E-state index contributed by atoms with van der Waals surface area (Å²) in [6, 6.07) is 4.87. The van der Waals surface area contributed by atoms with Crippen LogP contribution in [0, 0.1) is 14.9 Å². The average Bonchev–Trinajstić information content (AvgIpc) is 2.15. The van der Waals surface area contributed by atoms with Gasteiger partial charge in [-0.2, -0.15) is 5.26 Å². The summed E-state index contributed by atoms with van der Waals surface area (Å²) in [7, 11) is 1.54. The number of hydrogen-bond acceptors (Lipinski definition) is 3. The van der Waals surface area contributed by atoms with Crippen molar-refractivity contribution in [2.45, 2.75) is 18.2 Å². The standard InChI is InChI=1S/C9H7ClINO2S/c1-2-7-6(5-12)3-4-8(9(7)11)15(10,13)14/h3-4H,2H2,1H3. The van der Waals surface area contributed by atoms with Gasteiger partial charge in [-0.1, -0.05) is 6.92 Å². The molecule has 0 aliphatic heterocycles. The fourth-order valence-corrected chi connectivity index (χ4v) is 4.30. The summed E-state index contributed by atoms with van der Waals surface area (Å²) in [6.07, 6.45) is 0.599. The third kappa shape index (κ3) is 2.62. The first-order chi connectivity index (χ1) is 6.91. The third-order valence-electron chi connectivity index (χ3n) is 1.94. The van der Waals surface area contributed by atoms with E-state index < -0.39 is 9.05 Å². The van der Waals surface area contributed by atoms with Crippen molar-refractivity contribution >= 4 is 42.3 Å². The normalized spacial score (nSPS) is 11.1. The highest BCUT2D eigenvalue weighted by Gasteiger charge is 2.18.